The first kappa shape index (κ1) is 34.1. The van der Waals surface area contributed by atoms with Crippen molar-refractivity contribution in [2.75, 3.05) is 13.1 Å². The maximum absolute atomic E-state index is 14.1. The summed E-state index contributed by atoms with van der Waals surface area (Å²) in [5.41, 5.74) is 27.7. The molecular formula is C30H39N9O6. The van der Waals surface area contributed by atoms with Crippen LogP contribution in [0.1, 0.15) is 47.2 Å². The van der Waals surface area contributed by atoms with Gasteiger partial charge in [0.15, 0.2) is 17.7 Å². The predicted octanol–water partition coefficient (Wildman–Crippen LogP) is 0.321. The molecule has 240 valence electrons. The first-order valence-electron chi connectivity index (χ1n) is 14.3. The molecule has 15 nitrogen and oxygen atoms in total. The molecule has 1 aromatic heterocycles. The average Bonchev–Trinajstić information content (AvgIpc) is 3.02. The van der Waals surface area contributed by atoms with Crippen LogP contribution in [0.3, 0.4) is 0 Å². The summed E-state index contributed by atoms with van der Waals surface area (Å²) in [5, 5.41) is 5.67. The number of nitrogens with two attached hydrogens (primary N) is 5. The molecule has 0 unspecified atom stereocenters. The van der Waals surface area contributed by atoms with Crippen molar-refractivity contribution < 1.29 is 23.5 Å². The van der Waals surface area contributed by atoms with E-state index in [1.807, 2.05) is 6.07 Å². The number of Topliss-reactive ketones (excluding diaryl/α,β-unsaturated/α-hetero) is 1. The minimum Gasteiger partial charge on any atom is -0.445 e. The Kier molecular flexibility index (Phi) is 12.9. The van der Waals surface area contributed by atoms with Crippen molar-refractivity contribution in [3.63, 3.8) is 0 Å². The van der Waals surface area contributed by atoms with E-state index in [9.17, 15) is 19.2 Å². The molecule has 0 spiro atoms. The lowest BCUT2D eigenvalue weighted by Gasteiger charge is -2.23. The topological polar surface area (TPSA) is 270 Å². The van der Waals surface area contributed by atoms with E-state index in [2.05, 4.69) is 20.6 Å². The molecule has 2 aromatic carbocycles. The van der Waals surface area contributed by atoms with Gasteiger partial charge in [-0.25, -0.2) is 9.59 Å². The number of carbonyl (C=O) groups is 3. The molecule has 3 aromatic rings. The van der Waals surface area contributed by atoms with E-state index in [1.54, 1.807) is 48.5 Å². The molecule has 0 aliphatic carbocycles. The van der Waals surface area contributed by atoms with Gasteiger partial charge in [-0.1, -0.05) is 48.5 Å². The van der Waals surface area contributed by atoms with E-state index in [0.29, 0.717) is 18.2 Å². The van der Waals surface area contributed by atoms with Crippen LogP contribution < -0.4 is 44.9 Å². The highest BCUT2D eigenvalue weighted by molar-refractivity contribution is 6.11. The zero-order valence-electron chi connectivity index (χ0n) is 24.7. The summed E-state index contributed by atoms with van der Waals surface area (Å²) in [5.74, 6) is -1.48. The highest BCUT2D eigenvalue weighted by atomic mass is 16.5. The van der Waals surface area contributed by atoms with E-state index in [-0.39, 0.29) is 67.7 Å². The van der Waals surface area contributed by atoms with Crippen LogP contribution in [0.15, 0.2) is 73.8 Å². The molecule has 0 bridgehead atoms. The third-order valence-electron chi connectivity index (χ3n) is 6.70. The monoisotopic (exact) mass is 621 g/mol. The first-order valence-corrected chi connectivity index (χ1v) is 14.3. The summed E-state index contributed by atoms with van der Waals surface area (Å²) in [6.07, 6.45) is -0.00961. The summed E-state index contributed by atoms with van der Waals surface area (Å²) in [6, 6.07) is 13.3. The van der Waals surface area contributed by atoms with Gasteiger partial charge in [-0.05, 0) is 37.3 Å². The smallest absolute Gasteiger partial charge is 0.408 e. The van der Waals surface area contributed by atoms with Gasteiger partial charge in [-0.3, -0.25) is 19.6 Å². The molecular weight excluding hydrogens is 582 g/mol. The molecule has 0 saturated heterocycles. The molecule has 0 fully saturated rings. The number of guanidine groups is 2. The Morgan fingerprint density at radius 2 is 1.42 bits per heavy atom. The molecule has 0 saturated carbocycles. The van der Waals surface area contributed by atoms with Crippen LogP contribution in [-0.4, -0.2) is 54.9 Å². The van der Waals surface area contributed by atoms with Gasteiger partial charge in [-0.15, -0.1) is 0 Å². The van der Waals surface area contributed by atoms with Crippen molar-refractivity contribution in [3.05, 3.63) is 81.7 Å². The Hall–Kier alpha value is -5.44. The molecule has 0 aliphatic rings. The number of aliphatic imine (C=N–C) groups is 2. The molecule has 15 heteroatoms. The SMILES string of the molecule is NCc1c(C(=O)[C@H](CCCN=C(N)N)NC(=O)[C@H](CCCN=C(N)N)NC(=O)OCc2ccccc2)c2ccccc2oc1=O. The van der Waals surface area contributed by atoms with Crippen LogP contribution in [0.5, 0.6) is 0 Å². The molecule has 2 amide bonds. The van der Waals surface area contributed by atoms with Crippen LogP contribution >= 0.6 is 0 Å². The molecule has 0 aliphatic heterocycles. The number of hydrogen-bond acceptors (Lipinski definition) is 9. The molecule has 12 N–H and O–H groups in total. The van der Waals surface area contributed by atoms with Crippen LogP contribution in [0.4, 0.5) is 4.79 Å². The predicted molar refractivity (Wildman–Crippen MR) is 170 cm³/mol. The van der Waals surface area contributed by atoms with Crippen molar-refractivity contribution >= 4 is 40.7 Å². The van der Waals surface area contributed by atoms with Gasteiger partial charge in [-0.2, -0.15) is 0 Å². The Morgan fingerprint density at radius 1 is 0.822 bits per heavy atom. The van der Waals surface area contributed by atoms with Crippen LogP contribution in [0.25, 0.3) is 11.0 Å². The van der Waals surface area contributed by atoms with Crippen molar-refractivity contribution in [1.82, 2.24) is 10.6 Å². The van der Waals surface area contributed by atoms with Crippen LogP contribution in [-0.2, 0) is 22.7 Å². The second-order valence-corrected chi connectivity index (χ2v) is 10.0. The minimum absolute atomic E-state index is 0.0214. The lowest BCUT2D eigenvalue weighted by molar-refractivity contribution is -0.123. The van der Waals surface area contributed by atoms with Gasteiger partial charge in [0.1, 0.15) is 18.2 Å². The lowest BCUT2D eigenvalue weighted by Crippen LogP contribution is -2.52. The number of amides is 2. The van der Waals surface area contributed by atoms with Gasteiger partial charge in [0, 0.05) is 30.6 Å². The Morgan fingerprint density at radius 3 is 2.04 bits per heavy atom. The third-order valence-corrected chi connectivity index (χ3v) is 6.70. The van der Waals surface area contributed by atoms with E-state index in [4.69, 9.17) is 37.8 Å². The quantitative estimate of drug-likeness (QED) is 0.0376. The fourth-order valence-electron chi connectivity index (χ4n) is 4.55. The Bertz CT molecular complexity index is 1580. The second-order valence-electron chi connectivity index (χ2n) is 10.0. The lowest BCUT2D eigenvalue weighted by atomic mass is 9.93. The van der Waals surface area contributed by atoms with Gasteiger partial charge >= 0.3 is 11.7 Å². The summed E-state index contributed by atoms with van der Waals surface area (Å²) in [4.78, 5) is 61.1. The van der Waals surface area contributed by atoms with Gasteiger partial charge in [0.2, 0.25) is 5.91 Å². The second kappa shape index (κ2) is 17.0. The summed E-state index contributed by atoms with van der Waals surface area (Å²) in [6.45, 7) is 0.0758. The normalized spacial score (nSPS) is 12.0. The first-order chi connectivity index (χ1) is 21.6. The molecule has 45 heavy (non-hydrogen) atoms. The van der Waals surface area contributed by atoms with E-state index >= 15 is 0 Å². The van der Waals surface area contributed by atoms with Crippen molar-refractivity contribution in [1.29, 1.82) is 0 Å². The summed E-state index contributed by atoms with van der Waals surface area (Å²) >= 11 is 0. The number of alkyl carbamates (subject to hydrolysis) is 1. The summed E-state index contributed by atoms with van der Waals surface area (Å²) < 4.78 is 10.7. The van der Waals surface area contributed by atoms with Gasteiger partial charge in [0.25, 0.3) is 0 Å². The number of para-hydroxylation sites is 1. The van der Waals surface area contributed by atoms with Crippen molar-refractivity contribution in [2.24, 2.45) is 38.7 Å². The number of ketones is 1. The Balaban J connectivity index is 1.89. The number of nitrogens with zero attached hydrogens (tertiary/aromatic N) is 2. The molecule has 1 heterocycles. The number of benzene rings is 2. The molecule has 2 atom stereocenters. The standard InChI is InChI=1S/C30H39N9O6/c31-16-20-24(19-10-4-5-13-23(19)45-27(20)42)25(40)21(11-6-14-36-28(32)33)38-26(41)22(12-7-15-37-29(34)35)39-30(43)44-17-18-8-2-1-3-9-18/h1-5,8-10,13,21-22H,6-7,11-12,14-17,31H2,(H,38,41)(H,39,43)(H4,32,33,36)(H4,34,35,37)/t21-,22-/m0/s1. The van der Waals surface area contributed by atoms with Crippen LogP contribution in [0, 0.1) is 0 Å². The maximum atomic E-state index is 14.1. The number of nitrogens with one attached hydrogen (secondary N) is 2. The van der Waals surface area contributed by atoms with Crippen molar-refractivity contribution in [2.45, 2.75) is 50.9 Å². The summed E-state index contributed by atoms with van der Waals surface area (Å²) in [7, 11) is 0. The number of hydrogen-bond donors (Lipinski definition) is 7. The fourth-order valence-corrected chi connectivity index (χ4v) is 4.55. The van der Waals surface area contributed by atoms with E-state index < -0.39 is 35.5 Å². The highest BCUT2D eigenvalue weighted by Gasteiger charge is 2.30. The van der Waals surface area contributed by atoms with Gasteiger partial charge in [0.05, 0.1) is 11.6 Å². The van der Waals surface area contributed by atoms with Crippen LogP contribution in [0.2, 0.25) is 0 Å². The van der Waals surface area contributed by atoms with Gasteiger partial charge < -0.3 is 48.5 Å². The minimum atomic E-state index is -1.15. The van der Waals surface area contributed by atoms with E-state index in [0.717, 1.165) is 5.56 Å². The molecule has 3 rings (SSSR count). The number of carbonyl (C=O) groups excluding carboxylic acids is 3. The maximum Gasteiger partial charge on any atom is 0.408 e. The van der Waals surface area contributed by atoms with E-state index in [1.165, 1.54) is 0 Å². The third kappa shape index (κ3) is 10.4. The fraction of sp³-hybridized carbons (Fsp3) is 0.333. The van der Waals surface area contributed by atoms with Crippen molar-refractivity contribution in [3.8, 4) is 0 Å². The Labute approximate surface area is 259 Å². The number of rotatable bonds is 16. The highest BCUT2D eigenvalue weighted by Crippen LogP contribution is 2.23. The molecule has 0 radical (unpaired) electrons. The zero-order chi connectivity index (χ0) is 32.8. The average molecular weight is 622 g/mol. The largest absolute Gasteiger partial charge is 0.445 e. The zero-order valence-corrected chi connectivity index (χ0v) is 24.7. The number of fused-ring (bicyclic) bond motifs is 1. The number of ether oxygens (including phenoxy) is 1.